The second-order valence-corrected chi connectivity index (χ2v) is 6.52. The van der Waals surface area contributed by atoms with E-state index in [2.05, 4.69) is 33.3 Å². The van der Waals surface area contributed by atoms with Crippen molar-refractivity contribution in [3.8, 4) is 0 Å². The first-order valence-electron chi connectivity index (χ1n) is 8.26. The van der Waals surface area contributed by atoms with E-state index in [0.29, 0.717) is 12.1 Å². The smallest absolute Gasteiger partial charge is 0.122 e. The first-order valence-corrected chi connectivity index (χ1v) is 8.26. The zero-order valence-electron chi connectivity index (χ0n) is 13.4. The number of nitrogens with zero attached hydrogens (tertiary/aromatic N) is 4. The van der Waals surface area contributed by atoms with E-state index in [1.165, 1.54) is 19.3 Å². The van der Waals surface area contributed by atoms with Crippen molar-refractivity contribution in [2.45, 2.75) is 44.9 Å². The minimum absolute atomic E-state index is 0.465. The Morgan fingerprint density at radius 2 is 2.24 bits per heavy atom. The molecule has 2 aliphatic heterocycles. The van der Waals surface area contributed by atoms with Crippen molar-refractivity contribution in [1.29, 1.82) is 0 Å². The van der Waals surface area contributed by atoms with Gasteiger partial charge in [-0.15, -0.1) is 0 Å². The highest BCUT2D eigenvalue weighted by atomic mass is 16.5. The molecule has 118 valence electrons. The molecular weight excluding hydrogens is 264 g/mol. The average Bonchev–Trinajstić information content (AvgIpc) is 2.88. The monoisotopic (exact) mass is 292 g/mol. The van der Waals surface area contributed by atoms with E-state index in [9.17, 15) is 0 Å². The van der Waals surface area contributed by atoms with Gasteiger partial charge in [-0.05, 0) is 26.2 Å². The molecule has 2 saturated heterocycles. The van der Waals surface area contributed by atoms with E-state index >= 15 is 0 Å². The van der Waals surface area contributed by atoms with Gasteiger partial charge >= 0.3 is 0 Å². The zero-order valence-corrected chi connectivity index (χ0v) is 13.4. The minimum atomic E-state index is 0.465. The van der Waals surface area contributed by atoms with Crippen molar-refractivity contribution < 1.29 is 4.74 Å². The van der Waals surface area contributed by atoms with Crippen molar-refractivity contribution in [1.82, 2.24) is 19.4 Å². The summed E-state index contributed by atoms with van der Waals surface area (Å²) in [5.74, 6) is 1.16. The van der Waals surface area contributed by atoms with E-state index in [-0.39, 0.29) is 0 Å². The van der Waals surface area contributed by atoms with Gasteiger partial charge in [0, 0.05) is 58.3 Å². The summed E-state index contributed by atoms with van der Waals surface area (Å²) in [5.41, 5.74) is 0. The molecule has 1 aromatic heterocycles. The Hall–Kier alpha value is -0.910. The van der Waals surface area contributed by atoms with Gasteiger partial charge in [0.2, 0.25) is 0 Å². The summed E-state index contributed by atoms with van der Waals surface area (Å²) < 4.78 is 8.00. The molecule has 0 aliphatic carbocycles. The molecule has 3 rings (SSSR count). The summed E-state index contributed by atoms with van der Waals surface area (Å²) in [6.07, 6.45) is 8.19. The summed E-state index contributed by atoms with van der Waals surface area (Å²) in [4.78, 5) is 9.57. The van der Waals surface area contributed by atoms with Gasteiger partial charge in [-0.25, -0.2) is 4.98 Å². The Kier molecular flexibility index (Phi) is 4.93. The average molecular weight is 292 g/mol. The van der Waals surface area contributed by atoms with E-state index in [1.807, 2.05) is 12.4 Å². The molecule has 0 bridgehead atoms. The topological polar surface area (TPSA) is 33.5 Å². The lowest BCUT2D eigenvalue weighted by Crippen LogP contribution is -2.53. The van der Waals surface area contributed by atoms with Crippen molar-refractivity contribution in [2.24, 2.45) is 7.05 Å². The van der Waals surface area contributed by atoms with Gasteiger partial charge in [0.25, 0.3) is 0 Å². The second kappa shape index (κ2) is 6.90. The minimum Gasteiger partial charge on any atom is -0.377 e. The van der Waals surface area contributed by atoms with E-state index in [1.54, 1.807) is 0 Å². The number of ether oxygens (including phenoxy) is 1. The SMILES string of the molecule is C[C@H]1CN(C[C@@H]2CCCCO2)CCN1Cc1nccn1C. The first kappa shape index (κ1) is 15.0. The predicted octanol–water partition coefficient (Wildman–Crippen LogP) is 1.50. The highest BCUT2D eigenvalue weighted by molar-refractivity contribution is 4.93. The molecule has 0 aromatic carbocycles. The fraction of sp³-hybridized carbons (Fsp3) is 0.812. The molecule has 0 radical (unpaired) electrons. The van der Waals surface area contributed by atoms with Crippen LogP contribution in [0.4, 0.5) is 0 Å². The summed E-state index contributed by atoms with van der Waals surface area (Å²) in [6.45, 7) is 8.77. The molecule has 0 N–H and O–H groups in total. The number of aryl methyl sites for hydroxylation is 1. The Balaban J connectivity index is 1.48. The molecule has 1 aromatic rings. The summed E-state index contributed by atoms with van der Waals surface area (Å²) >= 11 is 0. The number of hydrogen-bond donors (Lipinski definition) is 0. The van der Waals surface area contributed by atoms with Crippen LogP contribution in [0, 0.1) is 0 Å². The molecule has 0 amide bonds. The molecule has 2 aliphatic rings. The van der Waals surface area contributed by atoms with Crippen molar-refractivity contribution in [3.63, 3.8) is 0 Å². The Labute approximate surface area is 127 Å². The number of hydrogen-bond acceptors (Lipinski definition) is 4. The molecule has 21 heavy (non-hydrogen) atoms. The normalized spacial score (nSPS) is 28.9. The maximum Gasteiger partial charge on any atom is 0.122 e. The fourth-order valence-electron chi connectivity index (χ4n) is 3.44. The Morgan fingerprint density at radius 1 is 1.33 bits per heavy atom. The quantitative estimate of drug-likeness (QED) is 0.842. The van der Waals surface area contributed by atoms with Crippen LogP contribution in [-0.2, 0) is 18.3 Å². The van der Waals surface area contributed by atoms with Gasteiger partial charge < -0.3 is 9.30 Å². The molecule has 2 fully saturated rings. The molecule has 3 heterocycles. The van der Waals surface area contributed by atoms with Crippen molar-refractivity contribution >= 4 is 0 Å². The maximum absolute atomic E-state index is 5.88. The van der Waals surface area contributed by atoms with Crippen LogP contribution >= 0.6 is 0 Å². The molecule has 0 unspecified atom stereocenters. The number of rotatable bonds is 4. The zero-order chi connectivity index (χ0) is 14.7. The Bertz CT molecular complexity index is 441. The summed E-state index contributed by atoms with van der Waals surface area (Å²) in [6, 6.07) is 0.582. The van der Waals surface area contributed by atoms with Crippen LogP contribution in [0.5, 0.6) is 0 Å². The summed E-state index contributed by atoms with van der Waals surface area (Å²) in [5, 5.41) is 0. The third-order valence-corrected chi connectivity index (χ3v) is 4.85. The molecule has 2 atom stereocenters. The van der Waals surface area contributed by atoms with E-state index < -0.39 is 0 Å². The van der Waals surface area contributed by atoms with Crippen LogP contribution in [-0.4, -0.2) is 64.3 Å². The molecule has 0 saturated carbocycles. The molecule has 5 nitrogen and oxygen atoms in total. The lowest BCUT2D eigenvalue weighted by atomic mass is 10.1. The lowest BCUT2D eigenvalue weighted by Gasteiger charge is -2.41. The summed E-state index contributed by atoms with van der Waals surface area (Å²) in [7, 11) is 2.07. The van der Waals surface area contributed by atoms with E-state index in [4.69, 9.17) is 4.74 Å². The highest BCUT2D eigenvalue weighted by Gasteiger charge is 2.26. The number of imidazole rings is 1. The van der Waals surface area contributed by atoms with Gasteiger partial charge in [0.05, 0.1) is 12.6 Å². The van der Waals surface area contributed by atoms with Crippen LogP contribution in [0.25, 0.3) is 0 Å². The van der Waals surface area contributed by atoms with Gasteiger partial charge in [-0.2, -0.15) is 0 Å². The fourth-order valence-corrected chi connectivity index (χ4v) is 3.44. The largest absolute Gasteiger partial charge is 0.377 e. The third-order valence-electron chi connectivity index (χ3n) is 4.85. The van der Waals surface area contributed by atoms with Crippen LogP contribution in [0.3, 0.4) is 0 Å². The van der Waals surface area contributed by atoms with Gasteiger partial charge in [-0.3, -0.25) is 9.80 Å². The van der Waals surface area contributed by atoms with Crippen LogP contribution in [0.2, 0.25) is 0 Å². The van der Waals surface area contributed by atoms with Gasteiger partial charge in [0.1, 0.15) is 5.82 Å². The third kappa shape index (κ3) is 3.84. The van der Waals surface area contributed by atoms with E-state index in [0.717, 1.165) is 45.2 Å². The van der Waals surface area contributed by atoms with Gasteiger partial charge in [-0.1, -0.05) is 0 Å². The lowest BCUT2D eigenvalue weighted by molar-refractivity contribution is -0.0221. The molecule has 0 spiro atoms. The van der Waals surface area contributed by atoms with Crippen molar-refractivity contribution in [2.75, 3.05) is 32.8 Å². The molecule has 5 heteroatoms. The number of aromatic nitrogens is 2. The van der Waals surface area contributed by atoms with Crippen LogP contribution in [0.1, 0.15) is 32.0 Å². The van der Waals surface area contributed by atoms with Gasteiger partial charge in [0.15, 0.2) is 0 Å². The maximum atomic E-state index is 5.88. The Morgan fingerprint density at radius 3 is 2.90 bits per heavy atom. The van der Waals surface area contributed by atoms with Crippen molar-refractivity contribution in [3.05, 3.63) is 18.2 Å². The standard InChI is InChI=1S/C16H28N4O/c1-14-11-19(12-15-5-3-4-10-21-15)8-9-20(14)13-16-17-6-7-18(16)2/h6-7,14-15H,3-5,8-13H2,1-2H3/t14-,15-/m0/s1. The second-order valence-electron chi connectivity index (χ2n) is 6.52. The molecular formula is C16H28N4O. The predicted molar refractivity (Wildman–Crippen MR) is 83.1 cm³/mol. The van der Waals surface area contributed by atoms with Crippen LogP contribution in [0.15, 0.2) is 12.4 Å². The highest BCUT2D eigenvalue weighted by Crippen LogP contribution is 2.17. The number of piperazine rings is 1. The van der Waals surface area contributed by atoms with Crippen LogP contribution < -0.4 is 0 Å². The first-order chi connectivity index (χ1) is 10.2.